The van der Waals surface area contributed by atoms with Crippen LogP contribution in [0.25, 0.3) is 0 Å². The quantitative estimate of drug-likeness (QED) is 0.448. The van der Waals surface area contributed by atoms with Crippen molar-refractivity contribution in [3.8, 4) is 0 Å². The highest BCUT2D eigenvalue weighted by atomic mass is 35.5. The average Bonchev–Trinajstić information content (AvgIpc) is 2.72. The van der Waals surface area contributed by atoms with Crippen LogP contribution in [0.2, 0.25) is 5.02 Å². The molecule has 2 unspecified atom stereocenters. The van der Waals surface area contributed by atoms with Gasteiger partial charge in [0.05, 0.1) is 10.7 Å². The summed E-state index contributed by atoms with van der Waals surface area (Å²) in [6.45, 7) is 18.1. The van der Waals surface area contributed by atoms with Crippen molar-refractivity contribution in [2.24, 2.45) is 0 Å². The molecule has 0 saturated carbocycles. The zero-order valence-electron chi connectivity index (χ0n) is 23.6. The van der Waals surface area contributed by atoms with Crippen LogP contribution in [0.1, 0.15) is 76.8 Å². The first-order valence-electron chi connectivity index (χ1n) is 12.4. The van der Waals surface area contributed by atoms with Gasteiger partial charge < -0.3 is 20.3 Å². The number of carbonyl (C=O) groups is 3. The molecule has 0 radical (unpaired) electrons. The Kier molecular flexibility index (Phi) is 9.42. The summed E-state index contributed by atoms with van der Waals surface area (Å²) in [5.74, 6) is -0.828. The summed E-state index contributed by atoms with van der Waals surface area (Å²) < 4.78 is 5.34. The molecule has 2 rings (SSSR count). The van der Waals surface area contributed by atoms with Gasteiger partial charge in [-0.1, -0.05) is 47.5 Å². The number of amides is 3. The second-order valence-corrected chi connectivity index (χ2v) is 11.8. The van der Waals surface area contributed by atoms with Gasteiger partial charge in [0.25, 0.3) is 5.91 Å². The van der Waals surface area contributed by atoms with Gasteiger partial charge in [-0.2, -0.15) is 0 Å². The third kappa shape index (κ3) is 7.96. The van der Waals surface area contributed by atoms with E-state index >= 15 is 0 Å². The Morgan fingerprint density at radius 3 is 2.08 bits per heavy atom. The minimum Gasteiger partial charge on any atom is -0.444 e. The van der Waals surface area contributed by atoms with E-state index < -0.39 is 41.1 Å². The van der Waals surface area contributed by atoms with Crippen LogP contribution in [-0.2, 0) is 14.3 Å². The molecule has 0 fully saturated rings. The van der Waals surface area contributed by atoms with Crippen LogP contribution in [0, 0.1) is 20.8 Å². The van der Waals surface area contributed by atoms with E-state index in [0.29, 0.717) is 16.3 Å². The van der Waals surface area contributed by atoms with Crippen LogP contribution in [0.3, 0.4) is 0 Å². The first-order valence-corrected chi connectivity index (χ1v) is 12.8. The number of aryl methyl sites for hydroxylation is 3. The Balaban J connectivity index is 2.58. The summed E-state index contributed by atoms with van der Waals surface area (Å²) in [6.07, 6.45) is -0.707. The molecular weight excluding hydrogens is 490 g/mol. The minimum atomic E-state index is -0.994. The maximum atomic E-state index is 14.0. The maximum Gasteiger partial charge on any atom is 0.408 e. The fourth-order valence-corrected chi connectivity index (χ4v) is 4.38. The van der Waals surface area contributed by atoms with Gasteiger partial charge in [-0.15, -0.1) is 0 Å². The molecule has 2 N–H and O–H groups in total. The number of hydrogen-bond acceptors (Lipinski definition) is 4. The maximum absolute atomic E-state index is 14.0. The van der Waals surface area contributed by atoms with E-state index in [4.69, 9.17) is 16.3 Å². The van der Waals surface area contributed by atoms with Crippen LogP contribution in [0.4, 0.5) is 10.5 Å². The third-order valence-electron chi connectivity index (χ3n) is 5.76. The van der Waals surface area contributed by atoms with Crippen molar-refractivity contribution in [2.45, 2.75) is 92.5 Å². The van der Waals surface area contributed by atoms with Gasteiger partial charge in [0, 0.05) is 5.54 Å². The lowest BCUT2D eigenvalue weighted by Crippen LogP contribution is -2.57. The number of benzene rings is 2. The normalized spacial score (nSPS) is 13.4. The minimum absolute atomic E-state index is 0.404. The molecule has 0 aliphatic rings. The van der Waals surface area contributed by atoms with Gasteiger partial charge in [-0.3, -0.25) is 9.59 Å². The first-order chi connectivity index (χ1) is 16.9. The lowest BCUT2D eigenvalue weighted by atomic mass is 9.92. The zero-order valence-corrected chi connectivity index (χ0v) is 24.3. The summed E-state index contributed by atoms with van der Waals surface area (Å²) in [5, 5.41) is 5.98. The predicted octanol–water partition coefficient (Wildman–Crippen LogP) is 6.49. The van der Waals surface area contributed by atoms with Gasteiger partial charge in [0.15, 0.2) is 0 Å². The van der Waals surface area contributed by atoms with E-state index in [1.807, 2.05) is 71.9 Å². The van der Waals surface area contributed by atoms with Gasteiger partial charge >= 0.3 is 6.09 Å². The molecule has 0 heterocycles. The molecule has 2 atom stereocenters. The Labute approximate surface area is 225 Å². The first kappa shape index (κ1) is 30.2. The SMILES string of the molecule is Cc1ccc(C(C(=O)Nc2c(C)cccc2Cl)N(C(=O)C(C)NC(=O)OC(C)(C)C)C(C)(C)C)c(C)c1. The zero-order chi connectivity index (χ0) is 28.3. The molecule has 0 bridgehead atoms. The number of nitrogens with one attached hydrogen (secondary N) is 2. The second kappa shape index (κ2) is 11.5. The summed E-state index contributed by atoms with van der Waals surface area (Å²) >= 11 is 6.41. The Morgan fingerprint density at radius 2 is 1.57 bits per heavy atom. The molecule has 2 aromatic rings. The highest BCUT2D eigenvalue weighted by Crippen LogP contribution is 2.34. The van der Waals surface area contributed by atoms with Crippen molar-refractivity contribution in [2.75, 3.05) is 5.32 Å². The highest BCUT2D eigenvalue weighted by molar-refractivity contribution is 6.34. The highest BCUT2D eigenvalue weighted by Gasteiger charge is 2.41. The lowest BCUT2D eigenvalue weighted by molar-refractivity contribution is -0.146. The smallest absolute Gasteiger partial charge is 0.408 e. The Bertz CT molecular complexity index is 1140. The number of anilines is 1. The third-order valence-corrected chi connectivity index (χ3v) is 6.08. The number of para-hydroxylation sites is 1. The van der Waals surface area contributed by atoms with Crippen molar-refractivity contribution in [3.63, 3.8) is 0 Å². The molecule has 37 heavy (non-hydrogen) atoms. The summed E-state index contributed by atoms with van der Waals surface area (Å²) in [5.41, 5.74) is 2.38. The van der Waals surface area contributed by atoms with E-state index in [9.17, 15) is 14.4 Å². The largest absolute Gasteiger partial charge is 0.444 e. The van der Waals surface area contributed by atoms with Crippen molar-refractivity contribution in [3.05, 3.63) is 63.7 Å². The molecule has 2 aromatic carbocycles. The monoisotopic (exact) mass is 529 g/mol. The second-order valence-electron chi connectivity index (χ2n) is 11.4. The number of nitrogens with zero attached hydrogens (tertiary/aromatic N) is 1. The molecule has 0 aliphatic heterocycles. The molecule has 3 amide bonds. The standard InChI is InChI=1S/C29H40ClN3O4/c1-17-14-15-21(19(3)16-17)24(25(34)32-23-18(2)12-11-13-22(23)30)33(28(5,6)7)26(35)20(4)31-27(36)37-29(8,9)10/h11-16,20,24H,1-10H3,(H,31,36)(H,32,34). The van der Waals surface area contributed by atoms with Gasteiger partial charge in [0.2, 0.25) is 5.91 Å². The Hall–Kier alpha value is -3.06. The summed E-state index contributed by atoms with van der Waals surface area (Å²) in [6, 6.07) is 9.18. The number of rotatable bonds is 6. The van der Waals surface area contributed by atoms with Crippen LogP contribution < -0.4 is 10.6 Å². The molecule has 7 nitrogen and oxygen atoms in total. The molecule has 0 spiro atoms. The molecule has 202 valence electrons. The van der Waals surface area contributed by atoms with Crippen LogP contribution in [0.5, 0.6) is 0 Å². The average molecular weight is 530 g/mol. The van der Waals surface area contributed by atoms with Gasteiger partial charge in [0.1, 0.15) is 17.7 Å². The van der Waals surface area contributed by atoms with Gasteiger partial charge in [-0.25, -0.2) is 4.79 Å². The number of halogens is 1. The lowest BCUT2D eigenvalue weighted by Gasteiger charge is -2.43. The van der Waals surface area contributed by atoms with E-state index in [1.54, 1.807) is 33.8 Å². The fourth-order valence-electron chi connectivity index (χ4n) is 4.11. The molecule has 0 saturated heterocycles. The molecular formula is C29H40ClN3O4. The topological polar surface area (TPSA) is 87.7 Å². The van der Waals surface area contributed by atoms with E-state index in [1.165, 1.54) is 4.90 Å². The Morgan fingerprint density at radius 1 is 0.946 bits per heavy atom. The van der Waals surface area contributed by atoms with Gasteiger partial charge in [-0.05, 0) is 92.0 Å². The number of hydrogen-bond donors (Lipinski definition) is 2. The summed E-state index contributed by atoms with van der Waals surface area (Å²) in [7, 11) is 0. The molecule has 0 aliphatic carbocycles. The summed E-state index contributed by atoms with van der Waals surface area (Å²) in [4.78, 5) is 41.9. The van der Waals surface area contributed by atoms with Crippen LogP contribution >= 0.6 is 11.6 Å². The van der Waals surface area contributed by atoms with Crippen molar-refractivity contribution in [1.29, 1.82) is 0 Å². The number of alkyl carbamates (subject to hydrolysis) is 1. The predicted molar refractivity (Wildman–Crippen MR) is 149 cm³/mol. The van der Waals surface area contributed by atoms with Crippen molar-refractivity contribution >= 4 is 35.2 Å². The van der Waals surface area contributed by atoms with E-state index in [0.717, 1.165) is 16.7 Å². The molecule has 8 heteroatoms. The van der Waals surface area contributed by atoms with E-state index in [-0.39, 0.29) is 0 Å². The van der Waals surface area contributed by atoms with E-state index in [2.05, 4.69) is 10.6 Å². The fraction of sp³-hybridized carbons (Fsp3) is 0.483. The van der Waals surface area contributed by atoms with Crippen molar-refractivity contribution < 1.29 is 19.1 Å². The number of carbonyl (C=O) groups excluding carboxylic acids is 3. The number of ether oxygens (including phenoxy) is 1. The van der Waals surface area contributed by atoms with Crippen molar-refractivity contribution in [1.82, 2.24) is 10.2 Å². The van der Waals surface area contributed by atoms with Crippen LogP contribution in [0.15, 0.2) is 36.4 Å². The van der Waals surface area contributed by atoms with Crippen LogP contribution in [-0.4, -0.2) is 40.0 Å². The molecule has 0 aromatic heterocycles.